The van der Waals surface area contributed by atoms with Gasteiger partial charge in [-0.05, 0) is 35.9 Å². The second-order valence-electron chi connectivity index (χ2n) is 6.81. The minimum absolute atomic E-state index is 0.0250. The van der Waals surface area contributed by atoms with Crippen LogP contribution >= 0.6 is 23.2 Å². The molecule has 1 fully saturated rings. The fourth-order valence-electron chi connectivity index (χ4n) is 3.48. The van der Waals surface area contributed by atoms with Crippen LogP contribution in [-0.4, -0.2) is 16.8 Å². The van der Waals surface area contributed by atoms with E-state index in [1.807, 2.05) is 0 Å². The third-order valence-electron chi connectivity index (χ3n) is 4.93. The molecule has 0 aliphatic carbocycles. The minimum Gasteiger partial charge on any atom is -0.507 e. The van der Waals surface area contributed by atoms with E-state index in [4.69, 9.17) is 23.2 Å². The number of hydrogen-bond donors (Lipinski definition) is 1. The number of ketones is 1. The van der Waals surface area contributed by atoms with Gasteiger partial charge >= 0.3 is 0 Å². The number of rotatable bonds is 3. The first-order valence-electron chi connectivity index (χ1n) is 9.06. The van der Waals surface area contributed by atoms with Gasteiger partial charge in [0.2, 0.25) is 0 Å². The van der Waals surface area contributed by atoms with Crippen LogP contribution in [0.5, 0.6) is 0 Å². The van der Waals surface area contributed by atoms with E-state index in [2.05, 4.69) is 0 Å². The minimum atomic E-state index is -1.17. The number of benzene rings is 3. The van der Waals surface area contributed by atoms with Crippen molar-refractivity contribution in [3.05, 3.63) is 105 Å². The highest BCUT2D eigenvalue weighted by molar-refractivity contribution is 6.51. The molecule has 1 aliphatic heterocycles. The zero-order chi connectivity index (χ0) is 22.3. The number of nitrogens with zero attached hydrogens (tertiary/aromatic N) is 1. The van der Waals surface area contributed by atoms with Crippen LogP contribution in [0.3, 0.4) is 0 Å². The number of anilines is 1. The lowest BCUT2D eigenvalue weighted by Crippen LogP contribution is -2.29. The van der Waals surface area contributed by atoms with Crippen LogP contribution in [0.15, 0.2) is 72.3 Å². The van der Waals surface area contributed by atoms with Crippen molar-refractivity contribution in [1.82, 2.24) is 0 Å². The molecule has 1 saturated heterocycles. The van der Waals surface area contributed by atoms with Crippen molar-refractivity contribution in [2.45, 2.75) is 6.04 Å². The van der Waals surface area contributed by atoms with Crippen molar-refractivity contribution >= 4 is 46.3 Å². The lowest BCUT2D eigenvalue weighted by Gasteiger charge is -2.25. The van der Waals surface area contributed by atoms with Crippen LogP contribution in [-0.2, 0) is 9.59 Å². The molecule has 4 rings (SSSR count). The molecule has 1 heterocycles. The quantitative estimate of drug-likeness (QED) is 0.301. The number of hydrogen-bond acceptors (Lipinski definition) is 3. The Kier molecular flexibility index (Phi) is 5.52. The summed E-state index contributed by atoms with van der Waals surface area (Å²) in [5.41, 5.74) is 0.439. The topological polar surface area (TPSA) is 57.6 Å². The molecular weight excluding hydrogens is 447 g/mol. The Hall–Kier alpha value is -3.22. The molecule has 1 aliphatic rings. The molecule has 1 atom stereocenters. The average Bonchev–Trinajstić information content (AvgIpc) is 3.03. The molecule has 1 amide bonds. The summed E-state index contributed by atoms with van der Waals surface area (Å²) >= 11 is 12.0. The Morgan fingerprint density at radius 3 is 2.23 bits per heavy atom. The average molecular weight is 460 g/mol. The molecule has 0 saturated carbocycles. The smallest absolute Gasteiger partial charge is 0.300 e. The van der Waals surface area contributed by atoms with Crippen LogP contribution in [0, 0.1) is 11.6 Å². The van der Waals surface area contributed by atoms with Gasteiger partial charge in [0.15, 0.2) is 11.6 Å². The maximum absolute atomic E-state index is 13.9. The van der Waals surface area contributed by atoms with Gasteiger partial charge in [0.25, 0.3) is 11.7 Å². The van der Waals surface area contributed by atoms with Crippen molar-refractivity contribution in [2.75, 3.05) is 4.90 Å². The molecule has 0 aromatic heterocycles. The van der Waals surface area contributed by atoms with Crippen LogP contribution < -0.4 is 4.90 Å². The molecule has 4 nitrogen and oxygen atoms in total. The number of carbonyl (C=O) groups is 2. The summed E-state index contributed by atoms with van der Waals surface area (Å²) in [4.78, 5) is 26.9. The summed E-state index contributed by atoms with van der Waals surface area (Å²) in [7, 11) is 0. The number of halogens is 4. The van der Waals surface area contributed by atoms with Gasteiger partial charge in [-0.3, -0.25) is 14.5 Å². The van der Waals surface area contributed by atoms with Crippen molar-refractivity contribution in [3.8, 4) is 0 Å². The Labute approximate surface area is 185 Å². The molecule has 3 aromatic rings. The van der Waals surface area contributed by atoms with Crippen molar-refractivity contribution < 1.29 is 23.5 Å². The number of aliphatic hydroxyl groups is 1. The van der Waals surface area contributed by atoms with Crippen molar-refractivity contribution in [3.63, 3.8) is 0 Å². The molecular formula is C23H13Cl2F2NO3. The number of amides is 1. The molecule has 8 heteroatoms. The van der Waals surface area contributed by atoms with E-state index >= 15 is 0 Å². The number of aliphatic hydroxyl groups excluding tert-OH is 1. The van der Waals surface area contributed by atoms with Crippen molar-refractivity contribution in [1.29, 1.82) is 0 Å². The van der Waals surface area contributed by atoms with Gasteiger partial charge < -0.3 is 5.11 Å². The zero-order valence-corrected chi connectivity index (χ0v) is 17.2. The predicted molar refractivity (Wildman–Crippen MR) is 114 cm³/mol. The van der Waals surface area contributed by atoms with E-state index in [1.165, 1.54) is 24.3 Å². The van der Waals surface area contributed by atoms with E-state index in [0.29, 0.717) is 5.56 Å². The zero-order valence-electron chi connectivity index (χ0n) is 15.7. The summed E-state index contributed by atoms with van der Waals surface area (Å²) < 4.78 is 27.4. The van der Waals surface area contributed by atoms with Gasteiger partial charge in [-0.15, -0.1) is 0 Å². The Morgan fingerprint density at radius 1 is 0.871 bits per heavy atom. The molecule has 0 radical (unpaired) electrons. The van der Waals surface area contributed by atoms with Crippen LogP contribution in [0.1, 0.15) is 17.2 Å². The molecule has 3 aromatic carbocycles. The van der Waals surface area contributed by atoms with Crippen LogP contribution in [0.4, 0.5) is 14.5 Å². The molecule has 1 N–H and O–H groups in total. The first-order chi connectivity index (χ1) is 14.8. The van der Waals surface area contributed by atoms with Gasteiger partial charge in [0, 0.05) is 17.3 Å². The molecule has 1 unspecified atom stereocenters. The van der Waals surface area contributed by atoms with Crippen molar-refractivity contribution in [2.24, 2.45) is 0 Å². The fraction of sp³-hybridized carbons (Fsp3) is 0.0435. The molecule has 156 valence electrons. The normalized spacial score (nSPS) is 17.9. The summed E-state index contributed by atoms with van der Waals surface area (Å²) in [6, 6.07) is 14.5. The highest BCUT2D eigenvalue weighted by Crippen LogP contribution is 2.42. The monoisotopic (exact) mass is 459 g/mol. The van der Waals surface area contributed by atoms with E-state index in [9.17, 15) is 23.5 Å². The second-order valence-corrected chi connectivity index (χ2v) is 7.62. The third kappa shape index (κ3) is 3.69. The first-order valence-corrected chi connectivity index (χ1v) is 9.81. The molecule has 0 bridgehead atoms. The summed E-state index contributed by atoms with van der Waals surface area (Å²) in [6.45, 7) is 0. The molecule has 0 spiro atoms. The summed E-state index contributed by atoms with van der Waals surface area (Å²) in [6.07, 6.45) is 0. The van der Waals surface area contributed by atoms with Gasteiger partial charge in [-0.1, -0.05) is 53.5 Å². The lowest BCUT2D eigenvalue weighted by atomic mass is 9.95. The van der Waals surface area contributed by atoms with Gasteiger partial charge in [0.05, 0.1) is 21.7 Å². The Morgan fingerprint density at radius 2 is 1.58 bits per heavy atom. The van der Waals surface area contributed by atoms with Gasteiger partial charge in [-0.2, -0.15) is 0 Å². The van der Waals surface area contributed by atoms with Crippen LogP contribution in [0.25, 0.3) is 5.76 Å². The predicted octanol–water partition coefficient (Wildman–Crippen LogP) is 5.90. The standard InChI is InChI=1S/C23H13Cl2F2NO3/c24-15-8-6-13(10-16(15)25)21(29)19-20(12-4-2-1-3-5-12)28(23(31)22(19)30)14-7-9-17(26)18(27)11-14/h1-11,20,29H/b21-19+. The van der Waals surface area contributed by atoms with Gasteiger partial charge in [-0.25, -0.2) is 8.78 Å². The fourth-order valence-corrected chi connectivity index (χ4v) is 3.78. The summed E-state index contributed by atoms with van der Waals surface area (Å²) in [5.74, 6) is -4.68. The maximum Gasteiger partial charge on any atom is 0.300 e. The Balaban J connectivity index is 1.95. The first kappa shape index (κ1) is 21.0. The van der Waals surface area contributed by atoms with E-state index in [0.717, 1.165) is 17.0 Å². The van der Waals surface area contributed by atoms with E-state index in [-0.39, 0.29) is 26.9 Å². The number of carbonyl (C=O) groups excluding carboxylic acids is 2. The third-order valence-corrected chi connectivity index (χ3v) is 5.67. The number of Topliss-reactive ketones (excluding diaryl/α,β-unsaturated/α-hetero) is 1. The van der Waals surface area contributed by atoms with Crippen LogP contribution in [0.2, 0.25) is 10.0 Å². The largest absolute Gasteiger partial charge is 0.507 e. The second kappa shape index (κ2) is 8.13. The lowest BCUT2D eigenvalue weighted by molar-refractivity contribution is -0.132. The van der Waals surface area contributed by atoms with E-state index < -0.39 is 35.1 Å². The van der Waals surface area contributed by atoms with E-state index in [1.54, 1.807) is 30.3 Å². The highest BCUT2D eigenvalue weighted by atomic mass is 35.5. The molecule has 31 heavy (non-hydrogen) atoms. The summed E-state index contributed by atoms with van der Waals surface area (Å²) in [5, 5.41) is 11.4. The highest BCUT2D eigenvalue weighted by Gasteiger charge is 2.47. The SMILES string of the molecule is O=C1C(=O)N(c2ccc(F)c(F)c2)C(c2ccccc2)/C1=C(\O)c1ccc(Cl)c(Cl)c1. The Bertz CT molecular complexity index is 1240. The van der Waals surface area contributed by atoms with Gasteiger partial charge in [0.1, 0.15) is 5.76 Å². The maximum atomic E-state index is 13.9.